The Hall–Kier alpha value is -3.28. The summed E-state index contributed by atoms with van der Waals surface area (Å²) in [6, 6.07) is 15.2. The fourth-order valence-electron chi connectivity index (χ4n) is 3.72. The first-order valence-corrected chi connectivity index (χ1v) is 11.2. The van der Waals surface area contributed by atoms with Crippen LogP contribution in [0.1, 0.15) is 44.0 Å². The quantitative estimate of drug-likeness (QED) is 0.472. The number of unbranched alkanes of at least 4 members (excludes halogenated alkanes) is 1. The van der Waals surface area contributed by atoms with Crippen LogP contribution in [0.3, 0.4) is 0 Å². The fourth-order valence-corrected chi connectivity index (χ4v) is 3.72. The number of benzene rings is 2. The lowest BCUT2D eigenvalue weighted by atomic mass is 10.1. The highest BCUT2D eigenvalue weighted by Crippen LogP contribution is 2.30. The smallest absolute Gasteiger partial charge is 0.267 e. The van der Waals surface area contributed by atoms with E-state index in [0.29, 0.717) is 24.6 Å². The maximum absolute atomic E-state index is 13.7. The lowest BCUT2D eigenvalue weighted by Gasteiger charge is -2.22. The van der Waals surface area contributed by atoms with Gasteiger partial charge in [0.2, 0.25) is 0 Å². The number of hydrogen-bond donors (Lipinski definition) is 1. The topological polar surface area (TPSA) is 63.6 Å². The molecule has 0 unspecified atom stereocenters. The zero-order valence-electron chi connectivity index (χ0n) is 19.6. The maximum Gasteiger partial charge on any atom is 0.267 e. The minimum Gasteiger partial charge on any atom is -0.492 e. The van der Waals surface area contributed by atoms with Crippen molar-refractivity contribution in [3.05, 3.63) is 64.4 Å². The van der Waals surface area contributed by atoms with Gasteiger partial charge in [0.1, 0.15) is 11.3 Å². The van der Waals surface area contributed by atoms with Crippen LogP contribution in [0, 0.1) is 5.92 Å². The Bertz CT molecular complexity index is 1130. The second-order valence-corrected chi connectivity index (χ2v) is 8.39. The van der Waals surface area contributed by atoms with Crippen molar-refractivity contribution in [3.8, 4) is 5.75 Å². The van der Waals surface area contributed by atoms with Crippen molar-refractivity contribution in [2.75, 3.05) is 30.9 Å². The lowest BCUT2D eigenvalue weighted by Crippen LogP contribution is -2.36. The van der Waals surface area contributed by atoms with Crippen LogP contribution in [0.15, 0.2) is 53.3 Å². The molecule has 0 aliphatic carbocycles. The highest BCUT2D eigenvalue weighted by Gasteiger charge is 2.27. The number of aromatic nitrogens is 1. The zero-order chi connectivity index (χ0) is 23.3. The molecule has 0 bridgehead atoms. The summed E-state index contributed by atoms with van der Waals surface area (Å²) < 4.78 is 7.81. The molecule has 32 heavy (non-hydrogen) atoms. The van der Waals surface area contributed by atoms with E-state index in [1.807, 2.05) is 55.6 Å². The summed E-state index contributed by atoms with van der Waals surface area (Å²) in [7, 11) is 3.53. The molecule has 0 fully saturated rings. The molecule has 1 heterocycles. The van der Waals surface area contributed by atoms with Crippen molar-refractivity contribution in [3.63, 3.8) is 0 Å². The van der Waals surface area contributed by atoms with Crippen molar-refractivity contribution in [1.82, 2.24) is 4.57 Å². The molecular formula is C26H33N3O3. The molecule has 0 spiro atoms. The standard InChI is InChI=1S/C26H33N3O3/c1-6-7-16-32-24-21-10-8-9-11-22(21)29(17-18(2)3)26(31)23(24)25(30)28(5)20-14-12-19(27-4)13-15-20/h8-15,18,27H,6-7,16-17H2,1-5H3. The Morgan fingerprint density at radius 1 is 1.12 bits per heavy atom. The number of nitrogens with one attached hydrogen (secondary N) is 1. The summed E-state index contributed by atoms with van der Waals surface area (Å²) >= 11 is 0. The Balaban J connectivity index is 2.19. The SMILES string of the molecule is CCCCOc1c(C(=O)N(C)c2ccc(NC)cc2)c(=O)n(CC(C)C)c2ccccc12. The van der Waals surface area contributed by atoms with E-state index in [2.05, 4.69) is 26.1 Å². The number of carbonyl (C=O) groups is 1. The maximum atomic E-state index is 13.7. The van der Waals surface area contributed by atoms with Gasteiger partial charge >= 0.3 is 0 Å². The number of nitrogens with zero attached hydrogens (tertiary/aromatic N) is 2. The third-order valence-corrected chi connectivity index (χ3v) is 5.48. The number of pyridine rings is 1. The van der Waals surface area contributed by atoms with Crippen LogP contribution in [-0.2, 0) is 6.54 Å². The van der Waals surface area contributed by atoms with E-state index < -0.39 is 0 Å². The van der Waals surface area contributed by atoms with Crippen LogP contribution in [0.2, 0.25) is 0 Å². The number of hydrogen-bond acceptors (Lipinski definition) is 4. The van der Waals surface area contributed by atoms with Gasteiger partial charge in [-0.25, -0.2) is 0 Å². The highest BCUT2D eigenvalue weighted by molar-refractivity contribution is 6.10. The molecule has 0 saturated carbocycles. The second-order valence-electron chi connectivity index (χ2n) is 8.39. The van der Waals surface area contributed by atoms with Crippen molar-refractivity contribution in [1.29, 1.82) is 0 Å². The normalized spacial score (nSPS) is 11.1. The van der Waals surface area contributed by atoms with Gasteiger partial charge in [-0.15, -0.1) is 0 Å². The van der Waals surface area contributed by atoms with Crippen LogP contribution in [-0.4, -0.2) is 31.2 Å². The average molecular weight is 436 g/mol. The van der Waals surface area contributed by atoms with E-state index in [9.17, 15) is 9.59 Å². The predicted octanol–water partition coefficient (Wildman–Crippen LogP) is 5.15. The van der Waals surface area contributed by atoms with Crippen LogP contribution in [0.5, 0.6) is 5.75 Å². The highest BCUT2D eigenvalue weighted by atomic mass is 16.5. The molecule has 0 saturated heterocycles. The molecule has 1 aromatic heterocycles. The van der Waals surface area contributed by atoms with E-state index in [1.165, 1.54) is 4.90 Å². The predicted molar refractivity (Wildman–Crippen MR) is 132 cm³/mol. The molecule has 3 aromatic rings. The van der Waals surface area contributed by atoms with E-state index in [0.717, 1.165) is 29.4 Å². The van der Waals surface area contributed by atoms with Gasteiger partial charge in [-0.05, 0) is 48.7 Å². The van der Waals surface area contributed by atoms with Gasteiger partial charge < -0.3 is 19.5 Å². The monoisotopic (exact) mass is 435 g/mol. The molecule has 3 rings (SSSR count). The van der Waals surface area contributed by atoms with Gasteiger partial charge in [-0.2, -0.15) is 0 Å². The minimum absolute atomic E-state index is 0.0839. The van der Waals surface area contributed by atoms with E-state index >= 15 is 0 Å². The van der Waals surface area contributed by atoms with Gasteiger partial charge in [0.25, 0.3) is 11.5 Å². The van der Waals surface area contributed by atoms with Gasteiger partial charge in [0.15, 0.2) is 0 Å². The van der Waals surface area contributed by atoms with Crippen molar-refractivity contribution in [2.24, 2.45) is 5.92 Å². The molecule has 2 aromatic carbocycles. The lowest BCUT2D eigenvalue weighted by molar-refractivity contribution is 0.0987. The molecule has 0 aliphatic heterocycles. The van der Waals surface area contributed by atoms with Gasteiger partial charge in [-0.1, -0.05) is 39.3 Å². The Morgan fingerprint density at radius 3 is 2.44 bits per heavy atom. The van der Waals surface area contributed by atoms with E-state index in [-0.39, 0.29) is 22.9 Å². The summed E-state index contributed by atoms with van der Waals surface area (Å²) in [4.78, 5) is 28.9. The first-order valence-electron chi connectivity index (χ1n) is 11.2. The third kappa shape index (κ3) is 4.79. The number of para-hydroxylation sites is 1. The third-order valence-electron chi connectivity index (χ3n) is 5.48. The molecule has 6 heteroatoms. The second kappa shape index (κ2) is 10.4. The molecule has 0 aliphatic rings. The Morgan fingerprint density at radius 2 is 1.81 bits per heavy atom. The molecule has 1 N–H and O–H groups in total. The summed E-state index contributed by atoms with van der Waals surface area (Å²) in [5.41, 5.74) is 2.21. The van der Waals surface area contributed by atoms with Crippen LogP contribution >= 0.6 is 0 Å². The summed E-state index contributed by atoms with van der Waals surface area (Å²) in [6.45, 7) is 7.18. The minimum atomic E-state index is -0.373. The average Bonchev–Trinajstić information content (AvgIpc) is 2.80. The van der Waals surface area contributed by atoms with Crippen LogP contribution in [0.25, 0.3) is 10.9 Å². The zero-order valence-corrected chi connectivity index (χ0v) is 19.6. The number of rotatable bonds is 9. The molecule has 0 radical (unpaired) electrons. The first-order chi connectivity index (χ1) is 15.4. The Kier molecular flexibility index (Phi) is 7.57. The number of fused-ring (bicyclic) bond motifs is 1. The molecule has 6 nitrogen and oxygen atoms in total. The summed E-state index contributed by atoms with van der Waals surface area (Å²) in [5, 5.41) is 3.85. The van der Waals surface area contributed by atoms with Gasteiger partial charge in [0.05, 0.1) is 12.1 Å². The van der Waals surface area contributed by atoms with Crippen molar-refractivity contribution >= 4 is 28.2 Å². The van der Waals surface area contributed by atoms with Crippen molar-refractivity contribution < 1.29 is 9.53 Å². The van der Waals surface area contributed by atoms with Crippen LogP contribution in [0.4, 0.5) is 11.4 Å². The number of carbonyl (C=O) groups excluding carboxylic acids is 1. The number of ether oxygens (including phenoxy) is 1. The summed E-state index contributed by atoms with van der Waals surface area (Å²) in [5.74, 6) is 0.252. The first kappa shape index (κ1) is 23.4. The number of anilines is 2. The van der Waals surface area contributed by atoms with Gasteiger partial charge in [0, 0.05) is 37.4 Å². The van der Waals surface area contributed by atoms with E-state index in [1.54, 1.807) is 11.6 Å². The molecular weight excluding hydrogens is 402 g/mol. The van der Waals surface area contributed by atoms with Crippen LogP contribution < -0.4 is 20.5 Å². The number of amides is 1. The van der Waals surface area contributed by atoms with Gasteiger partial charge in [-0.3, -0.25) is 9.59 Å². The summed E-state index contributed by atoms with van der Waals surface area (Å²) in [6.07, 6.45) is 1.81. The Labute approximate surface area is 189 Å². The molecule has 170 valence electrons. The molecule has 0 atom stereocenters. The largest absolute Gasteiger partial charge is 0.492 e. The molecule has 1 amide bonds. The fraction of sp³-hybridized carbons (Fsp3) is 0.385. The van der Waals surface area contributed by atoms with Crippen molar-refractivity contribution in [2.45, 2.75) is 40.2 Å². The van der Waals surface area contributed by atoms with E-state index in [4.69, 9.17) is 4.74 Å².